The predicted molar refractivity (Wildman–Crippen MR) is 107 cm³/mol. The van der Waals surface area contributed by atoms with Crippen LogP contribution in [-0.2, 0) is 19.6 Å². The van der Waals surface area contributed by atoms with Crippen LogP contribution in [0.15, 0.2) is 29.2 Å². The summed E-state index contributed by atoms with van der Waals surface area (Å²) >= 11 is 0. The van der Waals surface area contributed by atoms with Gasteiger partial charge in [0.15, 0.2) is 0 Å². The molecule has 7 nitrogen and oxygen atoms in total. The Morgan fingerprint density at radius 2 is 1.61 bits per heavy atom. The zero-order valence-corrected chi connectivity index (χ0v) is 17.6. The number of carboxylic acids is 1. The van der Waals surface area contributed by atoms with Crippen LogP contribution >= 0.6 is 0 Å². The highest BCUT2D eigenvalue weighted by Crippen LogP contribution is 2.23. The van der Waals surface area contributed by atoms with Crippen molar-refractivity contribution in [2.75, 3.05) is 26.2 Å². The molecule has 0 aromatic heterocycles. The lowest BCUT2D eigenvalue weighted by atomic mass is 9.99. The molecular formula is C20H30N2O5S. The highest BCUT2D eigenvalue weighted by Gasteiger charge is 2.30. The smallest absolute Gasteiger partial charge is 0.303 e. The molecule has 1 fully saturated rings. The zero-order chi connectivity index (χ0) is 20.9. The molecule has 1 aromatic carbocycles. The van der Waals surface area contributed by atoms with E-state index in [1.165, 1.54) is 4.31 Å². The van der Waals surface area contributed by atoms with Gasteiger partial charge in [0.1, 0.15) is 0 Å². The molecule has 156 valence electrons. The van der Waals surface area contributed by atoms with Crippen molar-refractivity contribution >= 4 is 21.9 Å². The fourth-order valence-corrected chi connectivity index (χ4v) is 4.75. The second-order valence-electron chi connectivity index (χ2n) is 7.57. The van der Waals surface area contributed by atoms with Crippen molar-refractivity contribution in [3.05, 3.63) is 29.8 Å². The molecule has 1 heterocycles. The number of carboxylic acid groups (broad SMARTS) is 1. The van der Waals surface area contributed by atoms with Gasteiger partial charge >= 0.3 is 5.97 Å². The van der Waals surface area contributed by atoms with E-state index in [1.54, 1.807) is 24.0 Å². The minimum absolute atomic E-state index is 0.0489. The Morgan fingerprint density at radius 3 is 2.11 bits per heavy atom. The SMILES string of the molecule is CC[C@H](C)c1ccc(S(=O)(=O)N2CCN(C(=O)C[C@@H](C)CC(=O)O)CC2)cc1. The van der Waals surface area contributed by atoms with Gasteiger partial charge in [-0.3, -0.25) is 9.59 Å². The van der Waals surface area contributed by atoms with Gasteiger partial charge in [-0.2, -0.15) is 4.31 Å². The van der Waals surface area contributed by atoms with Gasteiger partial charge in [-0.25, -0.2) is 8.42 Å². The Kier molecular flexibility index (Phi) is 7.60. The van der Waals surface area contributed by atoms with Crippen molar-refractivity contribution in [3.8, 4) is 0 Å². The van der Waals surface area contributed by atoms with E-state index in [9.17, 15) is 18.0 Å². The molecule has 1 aliphatic heterocycles. The quantitative estimate of drug-likeness (QED) is 0.711. The van der Waals surface area contributed by atoms with Crippen LogP contribution < -0.4 is 0 Å². The maximum Gasteiger partial charge on any atom is 0.303 e. The lowest BCUT2D eigenvalue weighted by molar-refractivity contribution is -0.138. The summed E-state index contributed by atoms with van der Waals surface area (Å²) in [6, 6.07) is 7.04. The molecule has 1 aliphatic rings. The number of amides is 1. The first kappa shape index (κ1) is 22.4. The second-order valence-corrected chi connectivity index (χ2v) is 9.51. The monoisotopic (exact) mass is 410 g/mol. The van der Waals surface area contributed by atoms with Crippen LogP contribution in [0.2, 0.25) is 0 Å². The minimum atomic E-state index is -3.58. The summed E-state index contributed by atoms with van der Waals surface area (Å²) in [6.07, 6.45) is 1.11. The first-order valence-corrected chi connectivity index (χ1v) is 11.2. The molecule has 2 rings (SSSR count). The summed E-state index contributed by atoms with van der Waals surface area (Å²) in [4.78, 5) is 24.9. The maximum absolute atomic E-state index is 12.9. The second kappa shape index (κ2) is 9.52. The molecule has 1 N–H and O–H groups in total. The van der Waals surface area contributed by atoms with Crippen molar-refractivity contribution in [1.29, 1.82) is 0 Å². The van der Waals surface area contributed by atoms with Crippen LogP contribution in [0.25, 0.3) is 0 Å². The molecule has 28 heavy (non-hydrogen) atoms. The molecule has 1 amide bonds. The van der Waals surface area contributed by atoms with Crippen molar-refractivity contribution in [2.45, 2.75) is 50.8 Å². The number of sulfonamides is 1. The predicted octanol–water partition coefficient (Wildman–Crippen LogP) is 2.53. The number of carbonyl (C=O) groups excluding carboxylic acids is 1. The zero-order valence-electron chi connectivity index (χ0n) is 16.8. The fourth-order valence-electron chi connectivity index (χ4n) is 3.33. The lowest BCUT2D eigenvalue weighted by Crippen LogP contribution is -2.50. The minimum Gasteiger partial charge on any atom is -0.481 e. The van der Waals surface area contributed by atoms with Crippen molar-refractivity contribution in [2.24, 2.45) is 5.92 Å². The summed E-state index contributed by atoms with van der Waals surface area (Å²) in [7, 11) is -3.58. The molecule has 0 bridgehead atoms. The molecule has 0 radical (unpaired) electrons. The molecule has 1 saturated heterocycles. The number of nitrogens with zero attached hydrogens (tertiary/aromatic N) is 2. The normalized spacial score (nSPS) is 17.9. The first-order valence-electron chi connectivity index (χ1n) is 9.74. The van der Waals surface area contributed by atoms with Gasteiger partial charge in [-0.15, -0.1) is 0 Å². The van der Waals surface area contributed by atoms with Gasteiger partial charge in [-0.05, 0) is 36.0 Å². The average Bonchev–Trinajstić information content (AvgIpc) is 2.66. The number of hydrogen-bond donors (Lipinski definition) is 1. The van der Waals surface area contributed by atoms with E-state index >= 15 is 0 Å². The van der Waals surface area contributed by atoms with Crippen LogP contribution in [0.3, 0.4) is 0 Å². The third-order valence-electron chi connectivity index (χ3n) is 5.34. The molecule has 1 aromatic rings. The number of carbonyl (C=O) groups is 2. The number of aliphatic carboxylic acids is 1. The van der Waals surface area contributed by atoms with E-state index < -0.39 is 16.0 Å². The standard InChI is InChI=1S/C20H30N2O5S/c1-4-16(3)17-5-7-18(8-6-17)28(26,27)22-11-9-21(10-12-22)19(23)13-15(2)14-20(24)25/h5-8,15-16H,4,9-14H2,1-3H3,(H,24,25)/t15-,16+/m1/s1. The summed E-state index contributed by atoms with van der Waals surface area (Å²) in [5.41, 5.74) is 1.12. The van der Waals surface area contributed by atoms with Crippen molar-refractivity contribution < 1.29 is 23.1 Å². The van der Waals surface area contributed by atoms with E-state index in [1.807, 2.05) is 12.1 Å². The molecule has 0 saturated carbocycles. The van der Waals surface area contributed by atoms with Crippen molar-refractivity contribution in [3.63, 3.8) is 0 Å². The Hall–Kier alpha value is -1.93. The number of piperazine rings is 1. The lowest BCUT2D eigenvalue weighted by Gasteiger charge is -2.34. The third kappa shape index (κ3) is 5.54. The molecular weight excluding hydrogens is 380 g/mol. The highest BCUT2D eigenvalue weighted by atomic mass is 32.2. The van der Waals surface area contributed by atoms with Crippen LogP contribution in [0.1, 0.15) is 51.5 Å². The van der Waals surface area contributed by atoms with E-state index in [4.69, 9.17) is 5.11 Å². The van der Waals surface area contributed by atoms with E-state index in [0.29, 0.717) is 19.0 Å². The molecule has 8 heteroatoms. The van der Waals surface area contributed by atoms with Gasteiger partial charge in [0, 0.05) is 39.0 Å². The third-order valence-corrected chi connectivity index (χ3v) is 7.25. The van der Waals surface area contributed by atoms with Crippen LogP contribution in [0.4, 0.5) is 0 Å². The Bertz CT molecular complexity index is 783. The number of benzene rings is 1. The highest BCUT2D eigenvalue weighted by molar-refractivity contribution is 7.89. The first-order chi connectivity index (χ1) is 13.1. The largest absolute Gasteiger partial charge is 0.481 e. The molecule has 2 atom stereocenters. The number of hydrogen-bond acceptors (Lipinski definition) is 4. The van der Waals surface area contributed by atoms with Gasteiger partial charge in [0.2, 0.25) is 15.9 Å². The van der Waals surface area contributed by atoms with Crippen LogP contribution in [0.5, 0.6) is 0 Å². The average molecular weight is 411 g/mol. The van der Waals surface area contributed by atoms with Gasteiger partial charge < -0.3 is 10.0 Å². The summed E-state index contributed by atoms with van der Waals surface area (Å²) < 4.78 is 27.2. The van der Waals surface area contributed by atoms with Crippen LogP contribution in [0, 0.1) is 5.92 Å². The fraction of sp³-hybridized carbons (Fsp3) is 0.600. The van der Waals surface area contributed by atoms with Crippen molar-refractivity contribution in [1.82, 2.24) is 9.21 Å². The van der Waals surface area contributed by atoms with Gasteiger partial charge in [0.25, 0.3) is 0 Å². The summed E-state index contributed by atoms with van der Waals surface area (Å²) in [6.45, 7) is 7.07. The Labute approximate surface area is 167 Å². The van der Waals surface area contributed by atoms with E-state index in [0.717, 1.165) is 12.0 Å². The Balaban J connectivity index is 1.96. The Morgan fingerprint density at radius 1 is 1.04 bits per heavy atom. The van der Waals surface area contributed by atoms with E-state index in [2.05, 4.69) is 13.8 Å². The maximum atomic E-state index is 12.9. The van der Waals surface area contributed by atoms with Gasteiger partial charge in [-0.1, -0.05) is 32.9 Å². The topological polar surface area (TPSA) is 95.0 Å². The van der Waals surface area contributed by atoms with Crippen LogP contribution in [-0.4, -0.2) is 60.8 Å². The summed E-state index contributed by atoms with van der Waals surface area (Å²) in [5.74, 6) is -0.898. The molecule has 0 unspecified atom stereocenters. The van der Waals surface area contributed by atoms with E-state index in [-0.39, 0.29) is 42.7 Å². The molecule has 0 aliphatic carbocycles. The molecule has 0 spiro atoms. The van der Waals surface area contributed by atoms with Gasteiger partial charge in [0.05, 0.1) is 4.90 Å². The summed E-state index contributed by atoms with van der Waals surface area (Å²) in [5, 5.41) is 8.80. The number of rotatable bonds is 8.